The molecule has 0 aromatic rings. The lowest BCUT2D eigenvalue weighted by Crippen LogP contribution is -1.54. The van der Waals surface area contributed by atoms with Gasteiger partial charge in [-0.25, -0.2) is 0 Å². The predicted octanol–water partition coefficient (Wildman–Crippen LogP) is 0.707. The Labute approximate surface area is 27.8 Å². The molecule has 0 saturated carbocycles. The van der Waals surface area contributed by atoms with E-state index in [9.17, 15) is 0 Å². The molecule has 0 saturated heterocycles. The summed E-state index contributed by atoms with van der Waals surface area (Å²) in [5.41, 5.74) is 0. The van der Waals surface area contributed by atoms with Crippen LogP contribution in [0.3, 0.4) is 0 Å². The van der Waals surface area contributed by atoms with Crippen LogP contribution in [0, 0.1) is 0 Å². The lowest BCUT2D eigenvalue weighted by Gasteiger charge is -1.61. The van der Waals surface area contributed by atoms with E-state index >= 15 is 0 Å². The fraction of sp³-hybridized carbons (Fsp3) is 0.667. The molecule has 0 spiro atoms. The summed E-state index contributed by atoms with van der Waals surface area (Å²) in [5.74, 6) is 0. The second-order valence-corrected chi connectivity index (χ2v) is 0.499. The first kappa shape index (κ1) is 1.94. The highest BCUT2D eigenvalue weighted by molar-refractivity contribution is 5.22. The van der Waals surface area contributed by atoms with Crippen LogP contribution in [0.4, 0.5) is 0 Å². The highest BCUT2D eigenvalue weighted by Crippen LogP contribution is 1.50. The molecular weight excluding hydrogens is 50.0 g/mol. The van der Waals surface area contributed by atoms with Crippen LogP contribution in [-0.2, 0) is 0 Å². The van der Waals surface area contributed by atoms with Gasteiger partial charge in [-0.1, -0.05) is 0 Å². The molecule has 0 radical (unpaired) electrons. The minimum atomic E-state index is 0.726. The van der Waals surface area contributed by atoms with Crippen molar-refractivity contribution in [3.63, 3.8) is 0 Å². The van der Waals surface area contributed by atoms with Gasteiger partial charge in [0.1, 0.15) is 0 Å². The first-order valence-corrected chi connectivity index (χ1v) is 1.28. The van der Waals surface area contributed by atoms with Crippen molar-refractivity contribution in [3.8, 4) is 0 Å². The maximum atomic E-state index is 6.31. The van der Waals surface area contributed by atoms with Crippen LogP contribution >= 0.6 is 0 Å². The van der Waals surface area contributed by atoms with Crippen LogP contribution in [0.5, 0.6) is 0 Å². The Hall–Kier alpha value is -0.330. The Kier molecular flexibility index (Phi) is 1.30. The van der Waals surface area contributed by atoms with Gasteiger partial charge in [0.2, 0.25) is 0 Å². The lowest BCUT2D eigenvalue weighted by atomic mass is 10.8. The molecule has 0 aliphatic heterocycles. The average Bonchev–Trinajstić information content (AvgIpc) is 1.41. The minimum Gasteiger partial charge on any atom is -0.301 e. The quantitative estimate of drug-likeness (QED) is 0.394. The van der Waals surface area contributed by atoms with Crippen LogP contribution in [0.25, 0.3) is 0 Å². The number of hydrogen-bond acceptors (Lipinski definition) is 1. The molecule has 0 aromatic heterocycles. The molecule has 0 N–H and O–H groups in total. The molecule has 0 atom stereocenters. The van der Waals surface area contributed by atoms with Crippen molar-refractivity contribution in [1.29, 1.82) is 0 Å². The number of aliphatic imine (C=N–C) groups is 1. The first-order chi connectivity index (χ1) is 2.41. The Bertz CT molecular complexity index is 33.9. The van der Waals surface area contributed by atoms with Gasteiger partial charge in [0, 0.05) is 6.54 Å². The first-order valence-electron chi connectivity index (χ1n) is 1.86. The van der Waals surface area contributed by atoms with Crippen LogP contribution in [0.2, 0.25) is 0 Å². The maximum absolute atomic E-state index is 6.31. The fourth-order valence-corrected chi connectivity index (χ4v) is 0. The third kappa shape index (κ3) is 1.67. The largest absolute Gasteiger partial charge is 0.301 e. The SMILES string of the molecule is [3H]C=NCC. The zero-order chi connectivity index (χ0) is 4.12. The van der Waals surface area contributed by atoms with E-state index in [2.05, 4.69) is 4.99 Å². The fourth-order valence-electron chi connectivity index (χ4n) is 0. The van der Waals surface area contributed by atoms with Gasteiger partial charge in [0.15, 0.2) is 0 Å². The van der Waals surface area contributed by atoms with Gasteiger partial charge in [-0.05, 0) is 13.6 Å². The van der Waals surface area contributed by atoms with Gasteiger partial charge in [0.05, 0.1) is 1.37 Å². The summed E-state index contributed by atoms with van der Waals surface area (Å²) in [7, 11) is 0. The van der Waals surface area contributed by atoms with Crippen molar-refractivity contribution in [3.05, 3.63) is 0 Å². The second kappa shape index (κ2) is 2.67. The molecule has 24 valence electrons. The third-order valence-corrected chi connectivity index (χ3v) is 0.183. The molecule has 0 heterocycles. The predicted molar refractivity (Wildman–Crippen MR) is 20.1 cm³/mol. The van der Waals surface area contributed by atoms with E-state index < -0.39 is 0 Å². The molecule has 1 heteroatoms. The second-order valence-electron chi connectivity index (χ2n) is 0.499. The molecule has 0 bridgehead atoms. The molecule has 0 unspecified atom stereocenters. The number of rotatable bonds is 1. The molecule has 1 nitrogen and oxygen atoms in total. The Balaban J connectivity index is 2.62. The van der Waals surface area contributed by atoms with E-state index in [0.717, 1.165) is 13.2 Å². The highest BCUT2D eigenvalue weighted by Gasteiger charge is 1.43. The molecule has 0 aliphatic rings. The molecule has 0 amide bonds. The van der Waals surface area contributed by atoms with E-state index in [1.807, 2.05) is 6.92 Å². The van der Waals surface area contributed by atoms with Crippen molar-refractivity contribution in [2.75, 3.05) is 6.54 Å². The van der Waals surface area contributed by atoms with Crippen molar-refractivity contribution in [1.82, 2.24) is 0 Å². The minimum absolute atomic E-state index is 0.726. The van der Waals surface area contributed by atoms with Crippen molar-refractivity contribution >= 4 is 6.69 Å². The van der Waals surface area contributed by atoms with Crippen molar-refractivity contribution in [2.45, 2.75) is 6.92 Å². The van der Waals surface area contributed by atoms with E-state index in [1.54, 1.807) is 0 Å². The summed E-state index contributed by atoms with van der Waals surface area (Å²) in [6.07, 6.45) is 0. The zero-order valence-electron chi connectivity index (χ0n) is 3.73. The van der Waals surface area contributed by atoms with Crippen molar-refractivity contribution in [2.24, 2.45) is 4.99 Å². The van der Waals surface area contributed by atoms with E-state index in [0.29, 0.717) is 0 Å². The Morgan fingerprint density at radius 3 is 3.25 bits per heavy atom. The standard InChI is InChI=1S/C3H7N/c1-3-4-2/h2-3H2,1H3/i2T. The zero-order valence-corrected chi connectivity index (χ0v) is 2.73. The molecule has 0 aliphatic carbocycles. The third-order valence-electron chi connectivity index (χ3n) is 0.183. The van der Waals surface area contributed by atoms with Gasteiger partial charge in [-0.2, -0.15) is 0 Å². The average molecular weight is 59.1 g/mol. The van der Waals surface area contributed by atoms with Gasteiger partial charge in [0.25, 0.3) is 0 Å². The van der Waals surface area contributed by atoms with Gasteiger partial charge >= 0.3 is 0 Å². The van der Waals surface area contributed by atoms with Crippen molar-refractivity contribution < 1.29 is 1.37 Å². The number of hydrogen-bond donors (Lipinski definition) is 0. The summed E-state index contributed by atoms with van der Waals surface area (Å²) in [5, 5.41) is 0. The van der Waals surface area contributed by atoms with E-state index in [-0.39, 0.29) is 0 Å². The van der Waals surface area contributed by atoms with E-state index in [4.69, 9.17) is 1.37 Å². The van der Waals surface area contributed by atoms with Crippen LogP contribution in [0.1, 0.15) is 8.29 Å². The normalized spacial score (nSPS) is 12.8. The summed E-state index contributed by atoms with van der Waals surface area (Å²) in [6.45, 7) is 3.68. The monoisotopic (exact) mass is 59.1 g/mol. The van der Waals surface area contributed by atoms with Crippen LogP contribution in [0.15, 0.2) is 4.99 Å². The van der Waals surface area contributed by atoms with Gasteiger partial charge < -0.3 is 4.99 Å². The van der Waals surface area contributed by atoms with Crippen LogP contribution in [-0.4, -0.2) is 13.2 Å². The highest BCUT2D eigenvalue weighted by atomic mass is 14.6. The molecule has 0 fully saturated rings. The van der Waals surface area contributed by atoms with Crippen LogP contribution < -0.4 is 0 Å². The summed E-state index contributed by atoms with van der Waals surface area (Å²) < 4.78 is 6.31. The summed E-state index contributed by atoms with van der Waals surface area (Å²) in [4.78, 5) is 3.51. The summed E-state index contributed by atoms with van der Waals surface area (Å²) in [6, 6.07) is 0. The van der Waals surface area contributed by atoms with Gasteiger partial charge in [-0.3, -0.25) is 0 Å². The topological polar surface area (TPSA) is 12.4 Å². The smallest absolute Gasteiger partial charge is 0.0748 e. The molecule has 0 aromatic carbocycles. The maximum Gasteiger partial charge on any atom is 0.0748 e. The molecular formula is C3H7N. The number of nitrogens with zero attached hydrogens (tertiary/aromatic N) is 1. The summed E-state index contributed by atoms with van der Waals surface area (Å²) >= 11 is 0. The lowest BCUT2D eigenvalue weighted by molar-refractivity contribution is 1.15. The Morgan fingerprint density at radius 2 is 3.25 bits per heavy atom. The molecule has 4 heavy (non-hydrogen) atoms. The Morgan fingerprint density at radius 1 is 2.50 bits per heavy atom. The van der Waals surface area contributed by atoms with E-state index in [1.165, 1.54) is 0 Å². The van der Waals surface area contributed by atoms with Gasteiger partial charge in [-0.15, -0.1) is 0 Å². The molecule has 0 rings (SSSR count).